The lowest BCUT2D eigenvalue weighted by atomic mass is 10.1. The van der Waals surface area contributed by atoms with Gasteiger partial charge >= 0.3 is 0 Å². The van der Waals surface area contributed by atoms with Crippen molar-refractivity contribution in [1.82, 2.24) is 0 Å². The summed E-state index contributed by atoms with van der Waals surface area (Å²) in [7, 11) is -0.672. The molecule has 18 heavy (non-hydrogen) atoms. The second kappa shape index (κ2) is 5.79. The van der Waals surface area contributed by atoms with Gasteiger partial charge in [0, 0.05) is 40.1 Å². The Hall–Kier alpha value is -0.950. The van der Waals surface area contributed by atoms with Gasteiger partial charge in [-0.2, -0.15) is 0 Å². The number of nitro groups is 1. The van der Waals surface area contributed by atoms with E-state index >= 15 is 0 Å². The van der Waals surface area contributed by atoms with E-state index < -0.39 is 15.7 Å². The van der Waals surface area contributed by atoms with E-state index in [1.807, 2.05) is 0 Å². The van der Waals surface area contributed by atoms with Gasteiger partial charge < -0.3 is 5.32 Å². The highest BCUT2D eigenvalue weighted by molar-refractivity contribution is 9.10. The van der Waals surface area contributed by atoms with Gasteiger partial charge in [0.05, 0.1) is 9.40 Å². The van der Waals surface area contributed by atoms with Crippen LogP contribution < -0.4 is 5.32 Å². The summed E-state index contributed by atoms with van der Waals surface area (Å²) < 4.78 is 11.7. The summed E-state index contributed by atoms with van der Waals surface area (Å²) in [6.07, 6.45) is 1.75. The largest absolute Gasteiger partial charge is 0.382 e. The van der Waals surface area contributed by atoms with E-state index in [4.69, 9.17) is 0 Å². The molecule has 0 saturated carbocycles. The quantitative estimate of drug-likeness (QED) is 0.682. The number of hydrogen-bond acceptors (Lipinski definition) is 4. The molecule has 1 saturated heterocycles. The monoisotopic (exact) mass is 332 g/mol. The summed E-state index contributed by atoms with van der Waals surface area (Å²) in [4.78, 5) is 10.3. The van der Waals surface area contributed by atoms with Crippen molar-refractivity contribution in [3.8, 4) is 0 Å². The highest BCUT2D eigenvalue weighted by Crippen LogP contribution is 2.28. The van der Waals surface area contributed by atoms with Crippen molar-refractivity contribution in [2.75, 3.05) is 16.8 Å². The van der Waals surface area contributed by atoms with Gasteiger partial charge in [-0.15, -0.1) is 0 Å². The Morgan fingerprint density at radius 1 is 1.39 bits per heavy atom. The molecule has 0 radical (unpaired) electrons. The third-order valence-electron chi connectivity index (χ3n) is 2.90. The first-order valence-electron chi connectivity index (χ1n) is 5.61. The van der Waals surface area contributed by atoms with Crippen LogP contribution in [0.3, 0.4) is 0 Å². The molecule has 1 N–H and O–H groups in total. The van der Waals surface area contributed by atoms with Crippen molar-refractivity contribution in [2.45, 2.75) is 18.9 Å². The highest BCUT2D eigenvalue weighted by atomic mass is 79.9. The van der Waals surface area contributed by atoms with Gasteiger partial charge in [0.2, 0.25) is 0 Å². The number of benzene rings is 1. The average Bonchev–Trinajstić information content (AvgIpc) is 2.32. The lowest BCUT2D eigenvalue weighted by Gasteiger charge is -2.23. The maximum Gasteiger partial charge on any atom is 0.283 e. The predicted molar refractivity (Wildman–Crippen MR) is 75.3 cm³/mol. The molecule has 0 aromatic heterocycles. The van der Waals surface area contributed by atoms with Crippen LogP contribution in [0.4, 0.5) is 11.4 Å². The number of hydrogen-bond donors (Lipinski definition) is 1. The second-order valence-electron chi connectivity index (χ2n) is 4.19. The molecule has 1 aromatic rings. The molecule has 1 fully saturated rings. The summed E-state index contributed by atoms with van der Waals surface area (Å²) in [6, 6.07) is 5.20. The van der Waals surface area contributed by atoms with E-state index in [1.54, 1.807) is 12.1 Å². The molecule has 0 bridgehead atoms. The van der Waals surface area contributed by atoms with Crippen molar-refractivity contribution in [1.29, 1.82) is 0 Å². The Bertz CT molecular complexity index is 485. The van der Waals surface area contributed by atoms with Gasteiger partial charge in [0.25, 0.3) is 5.69 Å². The Labute approximate surface area is 116 Å². The molecule has 1 aliphatic rings. The molecule has 0 spiro atoms. The Morgan fingerprint density at radius 2 is 2.06 bits per heavy atom. The van der Waals surface area contributed by atoms with Crippen LogP contribution in [0.1, 0.15) is 12.8 Å². The lowest BCUT2D eigenvalue weighted by molar-refractivity contribution is -0.385. The lowest BCUT2D eigenvalue weighted by Crippen LogP contribution is -2.29. The second-order valence-corrected chi connectivity index (χ2v) is 6.74. The van der Waals surface area contributed by atoms with Gasteiger partial charge in [0.1, 0.15) is 0 Å². The number of anilines is 1. The van der Waals surface area contributed by atoms with E-state index in [0.29, 0.717) is 10.5 Å². The smallest absolute Gasteiger partial charge is 0.283 e. The highest BCUT2D eigenvalue weighted by Gasteiger charge is 2.18. The van der Waals surface area contributed by atoms with Crippen LogP contribution >= 0.6 is 15.9 Å². The van der Waals surface area contributed by atoms with Crippen LogP contribution in [-0.2, 0) is 10.8 Å². The van der Waals surface area contributed by atoms with Crippen LogP contribution in [0.25, 0.3) is 0 Å². The maximum absolute atomic E-state index is 11.2. The molecule has 1 aromatic carbocycles. The number of nitro benzene ring substituents is 1. The molecule has 5 nitrogen and oxygen atoms in total. The van der Waals surface area contributed by atoms with Crippen LogP contribution in [0.15, 0.2) is 22.7 Å². The zero-order chi connectivity index (χ0) is 13.1. The third kappa shape index (κ3) is 3.29. The van der Waals surface area contributed by atoms with Crippen molar-refractivity contribution in [3.63, 3.8) is 0 Å². The third-order valence-corrected chi connectivity index (χ3v) is 4.92. The molecular weight excluding hydrogens is 320 g/mol. The van der Waals surface area contributed by atoms with Crippen LogP contribution in [0.2, 0.25) is 0 Å². The Balaban J connectivity index is 2.04. The zero-order valence-electron chi connectivity index (χ0n) is 9.60. The minimum atomic E-state index is -0.672. The van der Waals surface area contributed by atoms with Crippen molar-refractivity contribution >= 4 is 38.1 Å². The standard InChI is InChI=1S/C11H13BrN2O3S/c12-10-7-9(1-2-11(10)14(15)16)13-8-3-5-18(17)6-4-8/h1-2,7-8,13H,3-6H2. The SMILES string of the molecule is O=[N+]([O-])c1ccc(NC2CCS(=O)CC2)cc1Br. The molecule has 0 amide bonds. The molecule has 1 aliphatic heterocycles. The number of rotatable bonds is 3. The van der Waals surface area contributed by atoms with Crippen molar-refractivity contribution in [2.24, 2.45) is 0 Å². The van der Waals surface area contributed by atoms with Crippen LogP contribution in [0, 0.1) is 10.1 Å². The van der Waals surface area contributed by atoms with Gasteiger partial charge in [-0.1, -0.05) is 0 Å². The molecular formula is C11H13BrN2O3S. The summed E-state index contributed by atoms with van der Waals surface area (Å²) in [5, 5.41) is 14.0. The Kier molecular flexibility index (Phi) is 4.34. The van der Waals surface area contributed by atoms with Gasteiger partial charge in [-0.25, -0.2) is 0 Å². The van der Waals surface area contributed by atoms with Crippen LogP contribution in [-0.4, -0.2) is 26.7 Å². The predicted octanol–water partition coefficient (Wildman–Crippen LogP) is 2.68. The summed E-state index contributed by atoms with van der Waals surface area (Å²) in [6.45, 7) is 0. The molecule has 0 unspecified atom stereocenters. The number of halogens is 1. The molecule has 1 heterocycles. The Morgan fingerprint density at radius 3 is 2.61 bits per heavy atom. The normalized spacial score (nSPS) is 23.6. The fourth-order valence-electron chi connectivity index (χ4n) is 1.92. The van der Waals surface area contributed by atoms with E-state index in [2.05, 4.69) is 21.2 Å². The first-order valence-corrected chi connectivity index (χ1v) is 7.90. The number of nitrogens with zero attached hydrogens (tertiary/aromatic N) is 1. The van der Waals surface area contributed by atoms with Crippen molar-refractivity contribution < 1.29 is 9.13 Å². The van der Waals surface area contributed by atoms with Gasteiger partial charge in [-0.05, 0) is 40.9 Å². The van der Waals surface area contributed by atoms with E-state index in [-0.39, 0.29) is 5.69 Å². The first kappa shape index (κ1) is 13.5. The maximum atomic E-state index is 11.2. The fourth-order valence-corrected chi connectivity index (χ4v) is 3.74. The summed E-state index contributed by atoms with van der Waals surface area (Å²) >= 11 is 3.19. The van der Waals surface area contributed by atoms with E-state index in [0.717, 1.165) is 30.0 Å². The topological polar surface area (TPSA) is 72.2 Å². The van der Waals surface area contributed by atoms with E-state index in [1.165, 1.54) is 6.07 Å². The minimum absolute atomic E-state index is 0.0605. The van der Waals surface area contributed by atoms with Gasteiger partial charge in [0.15, 0.2) is 0 Å². The minimum Gasteiger partial charge on any atom is -0.382 e. The zero-order valence-corrected chi connectivity index (χ0v) is 12.0. The number of nitrogens with one attached hydrogen (secondary N) is 1. The van der Waals surface area contributed by atoms with Crippen LogP contribution in [0.5, 0.6) is 0 Å². The molecule has 7 heteroatoms. The molecule has 0 atom stereocenters. The first-order chi connectivity index (χ1) is 8.56. The van der Waals surface area contributed by atoms with E-state index in [9.17, 15) is 14.3 Å². The molecule has 0 aliphatic carbocycles. The molecule has 98 valence electrons. The average molecular weight is 333 g/mol. The summed E-state index contributed by atoms with van der Waals surface area (Å²) in [5.41, 5.74) is 0.912. The summed E-state index contributed by atoms with van der Waals surface area (Å²) in [5.74, 6) is 1.46. The fraction of sp³-hybridized carbons (Fsp3) is 0.455. The van der Waals surface area contributed by atoms with Crippen molar-refractivity contribution in [3.05, 3.63) is 32.8 Å². The van der Waals surface area contributed by atoms with Gasteiger partial charge in [-0.3, -0.25) is 14.3 Å². The molecule has 2 rings (SSSR count).